The SMILES string of the molecule is Cc1cc(O)cc(CCON)c1F. The second kappa shape index (κ2) is 4.20. The lowest BCUT2D eigenvalue weighted by molar-refractivity contribution is 0.140. The molecule has 13 heavy (non-hydrogen) atoms. The Kier molecular flexibility index (Phi) is 3.22. The average molecular weight is 185 g/mol. The number of aryl methyl sites for hydroxylation is 1. The molecule has 0 amide bonds. The Morgan fingerprint density at radius 2 is 2.23 bits per heavy atom. The van der Waals surface area contributed by atoms with Gasteiger partial charge in [0, 0.05) is 6.42 Å². The topological polar surface area (TPSA) is 55.5 Å². The minimum absolute atomic E-state index is 0.0610. The zero-order valence-electron chi connectivity index (χ0n) is 7.38. The Hall–Kier alpha value is -1.13. The van der Waals surface area contributed by atoms with E-state index in [1.54, 1.807) is 6.92 Å². The van der Waals surface area contributed by atoms with E-state index in [1.165, 1.54) is 12.1 Å². The van der Waals surface area contributed by atoms with Gasteiger partial charge in [-0.3, -0.25) is 0 Å². The van der Waals surface area contributed by atoms with E-state index in [0.717, 1.165) is 0 Å². The number of aromatic hydroxyl groups is 1. The molecule has 3 nitrogen and oxygen atoms in total. The summed E-state index contributed by atoms with van der Waals surface area (Å²) in [5, 5.41) is 9.18. The van der Waals surface area contributed by atoms with E-state index in [-0.39, 0.29) is 18.2 Å². The molecule has 0 fully saturated rings. The number of hydrogen-bond donors (Lipinski definition) is 2. The van der Waals surface area contributed by atoms with Crippen molar-refractivity contribution in [1.29, 1.82) is 0 Å². The van der Waals surface area contributed by atoms with E-state index in [0.29, 0.717) is 17.5 Å². The second-order valence-electron chi connectivity index (χ2n) is 2.86. The van der Waals surface area contributed by atoms with Crippen molar-refractivity contribution in [3.8, 4) is 5.75 Å². The minimum Gasteiger partial charge on any atom is -0.508 e. The fourth-order valence-electron chi connectivity index (χ4n) is 1.17. The lowest BCUT2D eigenvalue weighted by Crippen LogP contribution is -2.05. The number of nitrogens with two attached hydrogens (primary N) is 1. The molecule has 0 heterocycles. The minimum atomic E-state index is -0.310. The van der Waals surface area contributed by atoms with Crippen LogP contribution in [0.2, 0.25) is 0 Å². The molecule has 0 spiro atoms. The summed E-state index contributed by atoms with van der Waals surface area (Å²) in [6.45, 7) is 1.83. The van der Waals surface area contributed by atoms with Gasteiger partial charge in [0.05, 0.1) is 6.61 Å². The van der Waals surface area contributed by atoms with Crippen LogP contribution in [-0.4, -0.2) is 11.7 Å². The monoisotopic (exact) mass is 185 g/mol. The van der Waals surface area contributed by atoms with E-state index >= 15 is 0 Å². The van der Waals surface area contributed by atoms with Crippen molar-refractivity contribution in [3.63, 3.8) is 0 Å². The smallest absolute Gasteiger partial charge is 0.129 e. The van der Waals surface area contributed by atoms with Crippen LogP contribution in [0.4, 0.5) is 4.39 Å². The van der Waals surface area contributed by atoms with Gasteiger partial charge in [-0.05, 0) is 30.2 Å². The molecular formula is C9H12FNO2. The van der Waals surface area contributed by atoms with Crippen LogP contribution in [0.25, 0.3) is 0 Å². The molecule has 4 heteroatoms. The van der Waals surface area contributed by atoms with Crippen molar-refractivity contribution in [2.75, 3.05) is 6.61 Å². The van der Waals surface area contributed by atoms with Crippen LogP contribution in [0.5, 0.6) is 5.75 Å². The molecule has 0 atom stereocenters. The summed E-state index contributed by atoms with van der Waals surface area (Å²) >= 11 is 0. The van der Waals surface area contributed by atoms with Crippen molar-refractivity contribution < 1.29 is 14.3 Å². The molecule has 0 bridgehead atoms. The van der Waals surface area contributed by atoms with E-state index in [2.05, 4.69) is 4.84 Å². The number of rotatable bonds is 3. The third-order valence-electron chi connectivity index (χ3n) is 1.80. The second-order valence-corrected chi connectivity index (χ2v) is 2.86. The number of phenolic OH excluding ortho intramolecular Hbond substituents is 1. The zero-order chi connectivity index (χ0) is 9.84. The molecule has 0 aliphatic carbocycles. The highest BCUT2D eigenvalue weighted by molar-refractivity contribution is 5.34. The zero-order valence-corrected chi connectivity index (χ0v) is 7.38. The van der Waals surface area contributed by atoms with Crippen LogP contribution in [0.15, 0.2) is 12.1 Å². The van der Waals surface area contributed by atoms with E-state index in [1.807, 2.05) is 0 Å². The molecule has 1 rings (SSSR count). The van der Waals surface area contributed by atoms with Crippen LogP contribution in [0, 0.1) is 12.7 Å². The highest BCUT2D eigenvalue weighted by Gasteiger charge is 2.06. The van der Waals surface area contributed by atoms with Gasteiger partial charge in [-0.1, -0.05) is 0 Å². The first kappa shape index (κ1) is 9.95. The van der Waals surface area contributed by atoms with Gasteiger partial charge in [-0.25, -0.2) is 10.3 Å². The number of halogens is 1. The first-order valence-corrected chi connectivity index (χ1v) is 3.95. The Morgan fingerprint density at radius 3 is 2.85 bits per heavy atom. The standard InChI is InChI=1S/C9H12FNO2/c1-6-4-8(12)5-7(9(6)10)2-3-13-11/h4-5,12H,2-3,11H2,1H3. The molecule has 0 radical (unpaired) electrons. The largest absolute Gasteiger partial charge is 0.508 e. The summed E-state index contributed by atoms with van der Waals surface area (Å²) in [7, 11) is 0. The summed E-state index contributed by atoms with van der Waals surface area (Å²) in [6, 6.07) is 2.75. The molecule has 3 N–H and O–H groups in total. The van der Waals surface area contributed by atoms with Crippen molar-refractivity contribution in [1.82, 2.24) is 0 Å². The molecule has 0 saturated carbocycles. The first-order chi connectivity index (χ1) is 6.15. The molecule has 0 saturated heterocycles. The van der Waals surface area contributed by atoms with Gasteiger partial charge in [0.25, 0.3) is 0 Å². The summed E-state index contributed by atoms with van der Waals surface area (Å²) in [4.78, 5) is 4.33. The summed E-state index contributed by atoms with van der Waals surface area (Å²) in [5.74, 6) is 4.57. The van der Waals surface area contributed by atoms with E-state index < -0.39 is 0 Å². The molecule has 0 unspecified atom stereocenters. The summed E-state index contributed by atoms with van der Waals surface area (Å²) in [5.41, 5.74) is 0.843. The van der Waals surface area contributed by atoms with Gasteiger partial charge < -0.3 is 9.94 Å². The average Bonchev–Trinajstić information content (AvgIpc) is 2.09. The summed E-state index contributed by atoms with van der Waals surface area (Å²) in [6.07, 6.45) is 0.359. The lowest BCUT2D eigenvalue weighted by Gasteiger charge is -2.05. The van der Waals surface area contributed by atoms with Crippen LogP contribution in [0.3, 0.4) is 0 Å². The third-order valence-corrected chi connectivity index (χ3v) is 1.80. The van der Waals surface area contributed by atoms with Gasteiger partial charge in [-0.2, -0.15) is 0 Å². The maximum Gasteiger partial charge on any atom is 0.129 e. The lowest BCUT2D eigenvalue weighted by atomic mass is 10.1. The van der Waals surface area contributed by atoms with Crippen LogP contribution in [0.1, 0.15) is 11.1 Å². The highest BCUT2D eigenvalue weighted by Crippen LogP contribution is 2.20. The Labute approximate surface area is 75.9 Å². The number of hydrogen-bond acceptors (Lipinski definition) is 3. The molecular weight excluding hydrogens is 173 g/mol. The highest BCUT2D eigenvalue weighted by atomic mass is 19.1. The van der Waals surface area contributed by atoms with Gasteiger partial charge in [0.1, 0.15) is 11.6 Å². The predicted molar refractivity (Wildman–Crippen MR) is 46.6 cm³/mol. The van der Waals surface area contributed by atoms with Crippen molar-refractivity contribution >= 4 is 0 Å². The van der Waals surface area contributed by atoms with Gasteiger partial charge in [0.15, 0.2) is 0 Å². The van der Waals surface area contributed by atoms with E-state index in [4.69, 9.17) is 5.90 Å². The number of benzene rings is 1. The Balaban J connectivity index is 2.92. The molecule has 0 aliphatic heterocycles. The molecule has 0 aliphatic rings. The quantitative estimate of drug-likeness (QED) is 0.697. The van der Waals surface area contributed by atoms with Crippen molar-refractivity contribution in [3.05, 3.63) is 29.1 Å². The van der Waals surface area contributed by atoms with Crippen molar-refractivity contribution in [2.45, 2.75) is 13.3 Å². The third kappa shape index (κ3) is 2.40. The summed E-state index contributed by atoms with van der Waals surface area (Å²) < 4.78 is 13.3. The maximum atomic E-state index is 13.3. The van der Waals surface area contributed by atoms with Gasteiger partial charge in [-0.15, -0.1) is 0 Å². The van der Waals surface area contributed by atoms with Crippen LogP contribution >= 0.6 is 0 Å². The van der Waals surface area contributed by atoms with Crippen LogP contribution in [-0.2, 0) is 11.3 Å². The van der Waals surface area contributed by atoms with Crippen LogP contribution < -0.4 is 5.90 Å². The number of phenols is 1. The fourth-order valence-corrected chi connectivity index (χ4v) is 1.17. The predicted octanol–water partition coefficient (Wildman–Crippen LogP) is 1.27. The maximum absolute atomic E-state index is 13.3. The first-order valence-electron chi connectivity index (χ1n) is 3.95. The van der Waals surface area contributed by atoms with E-state index in [9.17, 15) is 9.50 Å². The molecule has 1 aromatic carbocycles. The normalized spacial score (nSPS) is 10.4. The molecule has 72 valence electrons. The van der Waals surface area contributed by atoms with Gasteiger partial charge >= 0.3 is 0 Å². The molecule has 1 aromatic rings. The van der Waals surface area contributed by atoms with Crippen molar-refractivity contribution in [2.24, 2.45) is 5.90 Å². The van der Waals surface area contributed by atoms with Gasteiger partial charge in [0.2, 0.25) is 0 Å². The Morgan fingerprint density at radius 1 is 1.54 bits per heavy atom. The molecule has 0 aromatic heterocycles. The fraction of sp³-hybridized carbons (Fsp3) is 0.333. The Bertz CT molecular complexity index is 302.